The summed E-state index contributed by atoms with van der Waals surface area (Å²) in [5.41, 5.74) is 0.285. The predicted molar refractivity (Wildman–Crippen MR) is 102 cm³/mol. The number of allylic oxidation sites excluding steroid dienone is 2. The van der Waals surface area contributed by atoms with Crippen molar-refractivity contribution in [3.63, 3.8) is 0 Å². The van der Waals surface area contributed by atoms with Gasteiger partial charge in [-0.3, -0.25) is 0 Å². The monoisotopic (exact) mass is 415 g/mol. The fourth-order valence-corrected chi connectivity index (χ4v) is 6.23. The van der Waals surface area contributed by atoms with E-state index in [4.69, 9.17) is 0 Å². The van der Waals surface area contributed by atoms with Gasteiger partial charge < -0.3 is 4.74 Å². The first-order valence-electron chi connectivity index (χ1n) is 9.44. The Balaban J connectivity index is 1.78. The lowest BCUT2D eigenvalue weighted by Crippen LogP contribution is -2.20. The molecule has 1 aromatic carbocycles. The van der Waals surface area contributed by atoms with Crippen molar-refractivity contribution in [3.8, 4) is 17.6 Å². The van der Waals surface area contributed by atoms with Crippen LogP contribution in [0.3, 0.4) is 0 Å². The molecule has 1 fully saturated rings. The fraction of sp³-hybridized carbons (Fsp3) is 0.524. The van der Waals surface area contributed by atoms with Crippen molar-refractivity contribution in [2.75, 3.05) is 0 Å². The van der Waals surface area contributed by atoms with Gasteiger partial charge in [0.15, 0.2) is 11.6 Å². The largest absolute Gasteiger partial charge is 0.573 e. The van der Waals surface area contributed by atoms with Gasteiger partial charge in [-0.25, -0.2) is 8.78 Å². The minimum Gasteiger partial charge on any atom is -0.403 e. The number of benzene rings is 1. The minimum atomic E-state index is -4.93. The lowest BCUT2D eigenvalue weighted by atomic mass is 10.0. The van der Waals surface area contributed by atoms with Crippen molar-refractivity contribution in [2.45, 2.75) is 63.3 Å². The van der Waals surface area contributed by atoms with Gasteiger partial charge in [0.2, 0.25) is 0 Å². The third-order valence-corrected chi connectivity index (χ3v) is 7.75. The highest BCUT2D eigenvalue weighted by Crippen LogP contribution is 2.29. The van der Waals surface area contributed by atoms with E-state index >= 15 is 0 Å². The van der Waals surface area contributed by atoms with E-state index in [0.29, 0.717) is 12.3 Å². The van der Waals surface area contributed by atoms with Gasteiger partial charge >= 0.3 is 6.36 Å². The topological polar surface area (TPSA) is 9.23 Å². The van der Waals surface area contributed by atoms with Crippen LogP contribution in [0.4, 0.5) is 22.0 Å². The first kappa shape index (κ1) is 22.5. The predicted octanol–water partition coefficient (Wildman–Crippen LogP) is 6.68. The maximum atomic E-state index is 13.6. The van der Waals surface area contributed by atoms with Crippen LogP contribution in [0.1, 0.15) is 38.2 Å². The highest BCUT2D eigenvalue weighted by molar-refractivity contribution is 6.58. The maximum absolute atomic E-state index is 13.6. The number of hydrogen-bond donors (Lipinski definition) is 0. The van der Waals surface area contributed by atoms with Gasteiger partial charge in [0, 0.05) is 14.4 Å². The molecule has 1 saturated heterocycles. The van der Waals surface area contributed by atoms with Crippen molar-refractivity contribution >= 4 is 8.80 Å². The van der Waals surface area contributed by atoms with Crippen LogP contribution in [0.2, 0.25) is 18.1 Å². The lowest BCUT2D eigenvalue weighted by Gasteiger charge is -2.25. The second kappa shape index (κ2) is 10.7. The molecule has 1 unspecified atom stereocenters. The summed E-state index contributed by atoms with van der Waals surface area (Å²) in [6.45, 7) is 1.61. The molecule has 1 atom stereocenters. The Hall–Kier alpha value is -1.81. The highest BCUT2D eigenvalue weighted by Gasteiger charge is 2.32. The first-order valence-corrected chi connectivity index (χ1v) is 11.6. The molecule has 1 heterocycles. The van der Waals surface area contributed by atoms with Crippen LogP contribution in [0.25, 0.3) is 0 Å². The zero-order valence-electron chi connectivity index (χ0n) is 15.8. The number of halogens is 5. The molecule has 1 aliphatic rings. The summed E-state index contributed by atoms with van der Waals surface area (Å²) in [5, 5.41) is 0. The molecule has 0 bridgehead atoms. The summed E-state index contributed by atoms with van der Waals surface area (Å²) < 4.78 is 66.4. The summed E-state index contributed by atoms with van der Waals surface area (Å²) in [6.07, 6.45) is 2.04. The third-order valence-electron chi connectivity index (χ3n) is 4.70. The van der Waals surface area contributed by atoms with E-state index in [1.165, 1.54) is 24.2 Å². The average Bonchev–Trinajstić information content (AvgIpc) is 2.61. The fourth-order valence-electron chi connectivity index (χ4n) is 3.22. The molecule has 0 amide bonds. The summed E-state index contributed by atoms with van der Waals surface area (Å²) in [5.74, 6) is 4.04. The molecule has 0 spiro atoms. The van der Waals surface area contributed by atoms with Gasteiger partial charge in [-0.15, -0.1) is 13.2 Å². The molecule has 153 valence electrons. The second-order valence-electron chi connectivity index (χ2n) is 7.08. The Morgan fingerprint density at radius 1 is 1.29 bits per heavy atom. The maximum Gasteiger partial charge on any atom is 0.573 e. The van der Waals surface area contributed by atoms with E-state index in [9.17, 15) is 22.0 Å². The van der Waals surface area contributed by atoms with Crippen molar-refractivity contribution in [1.82, 2.24) is 0 Å². The number of rotatable bonds is 6. The molecule has 1 aliphatic heterocycles. The summed E-state index contributed by atoms with van der Waals surface area (Å²) >= 11 is 0. The zero-order valence-corrected chi connectivity index (χ0v) is 16.8. The molecule has 28 heavy (non-hydrogen) atoms. The highest BCUT2D eigenvalue weighted by atomic mass is 28.3. The van der Waals surface area contributed by atoms with Crippen LogP contribution in [0.5, 0.6) is 5.75 Å². The van der Waals surface area contributed by atoms with Crippen molar-refractivity contribution in [3.05, 3.63) is 41.7 Å². The molecule has 1 radical (unpaired) electrons. The van der Waals surface area contributed by atoms with Gasteiger partial charge in [-0.05, 0) is 56.4 Å². The molecule has 0 aromatic heterocycles. The molecule has 7 heteroatoms. The summed E-state index contributed by atoms with van der Waals surface area (Å²) in [7, 11) is -0.341. The third kappa shape index (κ3) is 8.47. The van der Waals surface area contributed by atoms with E-state index in [-0.39, 0.29) is 14.4 Å². The van der Waals surface area contributed by atoms with Crippen LogP contribution >= 0.6 is 0 Å². The molecule has 0 N–H and O–H groups in total. The molecule has 1 nitrogen and oxygen atoms in total. The van der Waals surface area contributed by atoms with Crippen molar-refractivity contribution in [2.24, 2.45) is 5.92 Å². The molecule has 2 rings (SSSR count). The Morgan fingerprint density at radius 2 is 2.00 bits per heavy atom. The van der Waals surface area contributed by atoms with E-state index in [1.807, 2.05) is 6.08 Å². The number of hydrogen-bond acceptors (Lipinski definition) is 1. The average molecular weight is 415 g/mol. The van der Waals surface area contributed by atoms with E-state index < -0.39 is 24.1 Å². The Kier molecular flexibility index (Phi) is 8.55. The van der Waals surface area contributed by atoms with Crippen LogP contribution < -0.4 is 4.74 Å². The molecular weight excluding hydrogens is 391 g/mol. The van der Waals surface area contributed by atoms with Gasteiger partial charge in [0.05, 0.1) is 6.17 Å². The minimum absolute atomic E-state index is 0.285. The second-order valence-corrected chi connectivity index (χ2v) is 10.1. The standard InChI is InChI=1S/C21H24F5OSi/c1-16(22)5-4-12-28-13-10-17(11-14-28)6-2-3-7-18-8-9-20(19(23)15-18)27-21(24,25)26/h2,6,8-9,15-17H,4-5,10-14H2,1H3. The Labute approximate surface area is 164 Å². The Bertz CT molecular complexity index is 710. The van der Waals surface area contributed by atoms with Crippen LogP contribution in [0, 0.1) is 23.6 Å². The Morgan fingerprint density at radius 3 is 2.61 bits per heavy atom. The van der Waals surface area contributed by atoms with E-state index in [2.05, 4.69) is 16.6 Å². The van der Waals surface area contributed by atoms with Crippen molar-refractivity contribution in [1.29, 1.82) is 0 Å². The molecule has 1 aromatic rings. The van der Waals surface area contributed by atoms with Crippen molar-refractivity contribution < 1.29 is 26.7 Å². The van der Waals surface area contributed by atoms with E-state index in [0.717, 1.165) is 31.4 Å². The molecule has 0 saturated carbocycles. The molecule has 0 aliphatic carbocycles. The molecular formula is C21H24F5OSi. The normalized spacial score (nSPS) is 17.4. The number of alkyl halides is 4. The zero-order chi connectivity index (χ0) is 20.6. The first-order chi connectivity index (χ1) is 13.2. The number of ether oxygens (including phenoxy) is 1. The smallest absolute Gasteiger partial charge is 0.403 e. The quantitative estimate of drug-likeness (QED) is 0.286. The van der Waals surface area contributed by atoms with Gasteiger partial charge in [-0.2, -0.15) is 0 Å². The van der Waals surface area contributed by atoms with Gasteiger partial charge in [0.25, 0.3) is 0 Å². The van der Waals surface area contributed by atoms with Crippen LogP contribution in [0.15, 0.2) is 30.4 Å². The van der Waals surface area contributed by atoms with Gasteiger partial charge in [0.1, 0.15) is 0 Å². The van der Waals surface area contributed by atoms with Crippen LogP contribution in [-0.4, -0.2) is 21.3 Å². The van der Waals surface area contributed by atoms with Gasteiger partial charge in [-0.1, -0.05) is 42.5 Å². The summed E-state index contributed by atoms with van der Waals surface area (Å²) in [4.78, 5) is 0. The van der Waals surface area contributed by atoms with Crippen LogP contribution in [-0.2, 0) is 0 Å². The SMILES string of the molecule is CC(F)CCC[Si]1CCC(C=CC#Cc2ccc(OC(F)(F)F)c(F)c2)CC1. The summed E-state index contributed by atoms with van der Waals surface area (Å²) in [6, 6.07) is 6.80. The lowest BCUT2D eigenvalue weighted by molar-refractivity contribution is -0.275. The van der Waals surface area contributed by atoms with E-state index in [1.54, 1.807) is 13.0 Å².